The Morgan fingerprint density at radius 1 is 0.968 bits per heavy atom. The lowest BCUT2D eigenvalue weighted by Gasteiger charge is -2.13. The van der Waals surface area contributed by atoms with Gasteiger partial charge in [-0.25, -0.2) is 4.98 Å². The fourth-order valence-electron chi connectivity index (χ4n) is 3.60. The normalized spacial score (nSPS) is 12.3. The molecular formula is C23H17N5O3. The molecule has 0 spiro atoms. The van der Waals surface area contributed by atoms with Crippen molar-refractivity contribution in [3.8, 4) is 11.4 Å². The molecule has 0 saturated heterocycles. The lowest BCUT2D eigenvalue weighted by atomic mass is 10.1. The molecule has 0 aliphatic carbocycles. The minimum Gasteiger partial charge on any atom is -0.380 e. The van der Waals surface area contributed by atoms with Gasteiger partial charge in [0.2, 0.25) is 0 Å². The molecule has 2 heterocycles. The Labute approximate surface area is 176 Å². The van der Waals surface area contributed by atoms with E-state index in [1.807, 2.05) is 55.5 Å². The van der Waals surface area contributed by atoms with Crippen LogP contribution in [0.3, 0.4) is 0 Å². The highest BCUT2D eigenvalue weighted by molar-refractivity contribution is 5.93. The molecule has 31 heavy (non-hydrogen) atoms. The molecule has 1 N–H and O–H groups in total. The van der Waals surface area contributed by atoms with Crippen molar-refractivity contribution in [2.24, 2.45) is 0 Å². The maximum absolute atomic E-state index is 11.1. The number of hydrogen-bond donors (Lipinski definition) is 1. The van der Waals surface area contributed by atoms with Gasteiger partial charge < -0.3 is 5.11 Å². The molecule has 2 aromatic heterocycles. The third-order valence-electron chi connectivity index (χ3n) is 5.25. The van der Waals surface area contributed by atoms with Gasteiger partial charge in [-0.2, -0.15) is 0 Å². The Kier molecular flexibility index (Phi) is 4.41. The molecule has 5 rings (SSSR count). The first-order chi connectivity index (χ1) is 15.0. The van der Waals surface area contributed by atoms with Crippen LogP contribution < -0.4 is 0 Å². The number of nitro groups is 1. The van der Waals surface area contributed by atoms with Crippen molar-refractivity contribution >= 4 is 22.2 Å². The van der Waals surface area contributed by atoms with E-state index in [1.54, 1.807) is 4.40 Å². The van der Waals surface area contributed by atoms with Gasteiger partial charge in [0.05, 0.1) is 10.4 Å². The zero-order valence-corrected chi connectivity index (χ0v) is 16.5. The molecule has 8 nitrogen and oxygen atoms in total. The Hall–Kier alpha value is -4.17. The van der Waals surface area contributed by atoms with E-state index in [-0.39, 0.29) is 11.5 Å². The van der Waals surface area contributed by atoms with Crippen LogP contribution >= 0.6 is 0 Å². The van der Waals surface area contributed by atoms with E-state index in [9.17, 15) is 15.2 Å². The summed E-state index contributed by atoms with van der Waals surface area (Å²) in [6, 6.07) is 21.3. The van der Waals surface area contributed by atoms with Crippen molar-refractivity contribution in [1.82, 2.24) is 19.6 Å². The number of rotatable bonds is 4. The number of aryl methyl sites for hydroxylation is 1. The molecule has 152 valence electrons. The van der Waals surface area contributed by atoms with Gasteiger partial charge in [0, 0.05) is 23.1 Å². The molecule has 3 aromatic carbocycles. The molecule has 0 bridgehead atoms. The highest BCUT2D eigenvalue weighted by Gasteiger charge is 2.23. The summed E-state index contributed by atoms with van der Waals surface area (Å²) in [4.78, 5) is 15.3. The minimum atomic E-state index is -1.14. The Balaban J connectivity index is 1.74. The summed E-state index contributed by atoms with van der Waals surface area (Å²) in [6.45, 7) is 2.01. The Morgan fingerprint density at radius 3 is 2.39 bits per heavy atom. The fraction of sp³-hybridized carbons (Fsp3) is 0.0870. The molecule has 1 atom stereocenters. The number of para-hydroxylation sites is 1. The lowest BCUT2D eigenvalue weighted by Crippen LogP contribution is -2.08. The number of nitrogens with zero attached hydrogens (tertiary/aromatic N) is 5. The van der Waals surface area contributed by atoms with Crippen LogP contribution in [-0.4, -0.2) is 29.6 Å². The fourth-order valence-corrected chi connectivity index (χ4v) is 3.60. The number of aromatic nitrogens is 4. The zero-order chi connectivity index (χ0) is 21.5. The van der Waals surface area contributed by atoms with Crippen molar-refractivity contribution < 1.29 is 10.0 Å². The summed E-state index contributed by atoms with van der Waals surface area (Å²) >= 11 is 0. The van der Waals surface area contributed by atoms with Crippen LogP contribution in [0.15, 0.2) is 72.8 Å². The van der Waals surface area contributed by atoms with Crippen LogP contribution in [0.2, 0.25) is 0 Å². The molecule has 0 aliphatic rings. The Morgan fingerprint density at radius 2 is 1.68 bits per heavy atom. The van der Waals surface area contributed by atoms with E-state index < -0.39 is 11.0 Å². The van der Waals surface area contributed by atoms with E-state index >= 15 is 0 Å². The van der Waals surface area contributed by atoms with E-state index in [2.05, 4.69) is 10.2 Å². The number of aliphatic hydroxyl groups excluding tert-OH is 1. The second-order valence-corrected chi connectivity index (χ2v) is 7.29. The largest absolute Gasteiger partial charge is 0.380 e. The standard InChI is InChI=1S/C23H17N5O3/c1-14-6-8-16(9-7-14)21-24-19-5-3-2-4-18(19)22-25-26-23(27(21)22)20(29)15-10-12-17(13-11-15)28(30)31/h2-13,20,29H,1H3. The van der Waals surface area contributed by atoms with Crippen molar-refractivity contribution in [1.29, 1.82) is 0 Å². The summed E-state index contributed by atoms with van der Waals surface area (Å²) in [6.07, 6.45) is -1.14. The van der Waals surface area contributed by atoms with E-state index in [4.69, 9.17) is 4.98 Å². The van der Waals surface area contributed by atoms with Gasteiger partial charge >= 0.3 is 0 Å². The van der Waals surface area contributed by atoms with Gasteiger partial charge in [0.15, 0.2) is 11.5 Å². The van der Waals surface area contributed by atoms with Crippen molar-refractivity contribution in [2.75, 3.05) is 0 Å². The third-order valence-corrected chi connectivity index (χ3v) is 5.25. The summed E-state index contributed by atoms with van der Waals surface area (Å²) in [7, 11) is 0. The van der Waals surface area contributed by atoms with Crippen LogP contribution in [0, 0.1) is 17.0 Å². The maximum atomic E-state index is 11.1. The second kappa shape index (κ2) is 7.26. The summed E-state index contributed by atoms with van der Waals surface area (Å²) in [5.74, 6) is 0.896. The number of nitro benzene ring substituents is 1. The highest BCUT2D eigenvalue weighted by atomic mass is 16.6. The molecule has 1 unspecified atom stereocenters. The summed E-state index contributed by atoms with van der Waals surface area (Å²) in [5.41, 5.74) is 3.76. The van der Waals surface area contributed by atoms with Crippen LogP contribution in [-0.2, 0) is 0 Å². The molecule has 0 radical (unpaired) electrons. The second-order valence-electron chi connectivity index (χ2n) is 7.29. The molecule has 0 fully saturated rings. The van der Waals surface area contributed by atoms with Gasteiger partial charge in [0.1, 0.15) is 11.9 Å². The topological polar surface area (TPSA) is 106 Å². The first-order valence-corrected chi connectivity index (χ1v) is 9.66. The molecule has 0 saturated carbocycles. The summed E-state index contributed by atoms with van der Waals surface area (Å²) < 4.78 is 1.75. The van der Waals surface area contributed by atoms with E-state index in [0.29, 0.717) is 17.0 Å². The minimum absolute atomic E-state index is 0.0462. The van der Waals surface area contributed by atoms with Crippen LogP contribution in [0.25, 0.3) is 27.9 Å². The molecule has 8 heteroatoms. The molecule has 5 aromatic rings. The quantitative estimate of drug-likeness (QED) is 0.350. The van der Waals surface area contributed by atoms with E-state index in [1.165, 1.54) is 24.3 Å². The van der Waals surface area contributed by atoms with Gasteiger partial charge in [0.25, 0.3) is 5.69 Å². The predicted molar refractivity (Wildman–Crippen MR) is 116 cm³/mol. The molecular weight excluding hydrogens is 394 g/mol. The average Bonchev–Trinajstić information content (AvgIpc) is 3.24. The van der Waals surface area contributed by atoms with Crippen LogP contribution in [0.5, 0.6) is 0 Å². The predicted octanol–water partition coefficient (Wildman–Crippen LogP) is 4.24. The van der Waals surface area contributed by atoms with Crippen LogP contribution in [0.4, 0.5) is 5.69 Å². The number of fused-ring (bicyclic) bond motifs is 3. The number of non-ortho nitro benzene ring substituents is 1. The van der Waals surface area contributed by atoms with Crippen molar-refractivity contribution in [3.63, 3.8) is 0 Å². The van der Waals surface area contributed by atoms with Crippen molar-refractivity contribution in [2.45, 2.75) is 13.0 Å². The zero-order valence-electron chi connectivity index (χ0n) is 16.5. The monoisotopic (exact) mass is 411 g/mol. The molecule has 0 aliphatic heterocycles. The number of aliphatic hydroxyl groups is 1. The highest BCUT2D eigenvalue weighted by Crippen LogP contribution is 2.30. The van der Waals surface area contributed by atoms with Gasteiger partial charge in [-0.15, -0.1) is 10.2 Å². The summed E-state index contributed by atoms with van der Waals surface area (Å²) in [5, 5.41) is 31.5. The smallest absolute Gasteiger partial charge is 0.269 e. The Bertz CT molecular complexity index is 1430. The number of benzene rings is 3. The van der Waals surface area contributed by atoms with Gasteiger partial charge in [-0.3, -0.25) is 14.5 Å². The SMILES string of the molecule is Cc1ccc(-c2nc3ccccc3c3nnc(C(O)c4ccc([N+](=O)[O-])cc4)n23)cc1. The van der Waals surface area contributed by atoms with Gasteiger partial charge in [-0.05, 0) is 36.8 Å². The van der Waals surface area contributed by atoms with Gasteiger partial charge in [-0.1, -0.05) is 42.0 Å². The van der Waals surface area contributed by atoms with E-state index in [0.717, 1.165) is 22.0 Å². The first-order valence-electron chi connectivity index (χ1n) is 9.66. The third kappa shape index (κ3) is 3.19. The average molecular weight is 411 g/mol. The van der Waals surface area contributed by atoms with Crippen LogP contribution in [0.1, 0.15) is 23.1 Å². The molecule has 0 amide bonds. The van der Waals surface area contributed by atoms with Crippen molar-refractivity contribution in [3.05, 3.63) is 99.9 Å². The number of hydrogen-bond acceptors (Lipinski definition) is 6. The maximum Gasteiger partial charge on any atom is 0.269 e. The first kappa shape index (κ1) is 18.8. The lowest BCUT2D eigenvalue weighted by molar-refractivity contribution is -0.384.